The van der Waals surface area contributed by atoms with Gasteiger partial charge in [0.25, 0.3) is 5.91 Å². The van der Waals surface area contributed by atoms with E-state index < -0.39 is 17.9 Å². The summed E-state index contributed by atoms with van der Waals surface area (Å²) < 4.78 is 10.8. The molecule has 0 saturated heterocycles. The summed E-state index contributed by atoms with van der Waals surface area (Å²) in [6, 6.07) is 12.2. The van der Waals surface area contributed by atoms with E-state index >= 15 is 0 Å². The zero-order chi connectivity index (χ0) is 18.5. The minimum Gasteiger partial charge on any atom is -0.469 e. The van der Waals surface area contributed by atoms with Crippen molar-refractivity contribution in [2.75, 3.05) is 7.11 Å². The highest BCUT2D eigenvalue weighted by molar-refractivity contribution is 9.10. The van der Waals surface area contributed by atoms with Crippen LogP contribution in [0.5, 0.6) is 0 Å². The molecule has 1 N–H and O–H groups in total. The van der Waals surface area contributed by atoms with E-state index in [1.165, 1.54) is 18.4 Å². The number of rotatable bonds is 6. The van der Waals surface area contributed by atoms with Crippen molar-refractivity contribution in [1.29, 1.82) is 0 Å². The second kappa shape index (κ2) is 8.29. The van der Waals surface area contributed by atoms with Gasteiger partial charge in [0.15, 0.2) is 11.5 Å². The summed E-state index contributed by atoms with van der Waals surface area (Å²) in [5.41, 5.74) is 0.929. The molecular formula is C18H15BrN2O4S. The number of hydrogen-bond acceptors (Lipinski definition) is 6. The number of carbonyl (C=O) groups is 2. The minimum absolute atomic E-state index is 0.00826. The molecule has 0 aliphatic carbocycles. The van der Waals surface area contributed by atoms with E-state index in [1.807, 2.05) is 41.8 Å². The van der Waals surface area contributed by atoms with Crippen LogP contribution < -0.4 is 5.32 Å². The quantitative estimate of drug-likeness (QED) is 0.587. The van der Waals surface area contributed by atoms with Crippen LogP contribution in [0.3, 0.4) is 0 Å². The highest BCUT2D eigenvalue weighted by Gasteiger charge is 2.22. The number of aromatic nitrogens is 1. The van der Waals surface area contributed by atoms with E-state index in [2.05, 4.69) is 26.4 Å². The van der Waals surface area contributed by atoms with Gasteiger partial charge in [-0.3, -0.25) is 9.59 Å². The Morgan fingerprint density at radius 1 is 1.31 bits per heavy atom. The van der Waals surface area contributed by atoms with Gasteiger partial charge < -0.3 is 14.6 Å². The maximum atomic E-state index is 12.6. The number of amides is 1. The average Bonchev–Trinajstić information content (AvgIpc) is 3.32. The number of esters is 1. The van der Waals surface area contributed by atoms with Crippen molar-refractivity contribution in [2.24, 2.45) is 0 Å². The predicted molar refractivity (Wildman–Crippen MR) is 101 cm³/mol. The maximum Gasteiger partial charge on any atom is 0.307 e. The van der Waals surface area contributed by atoms with E-state index in [-0.39, 0.29) is 12.1 Å². The maximum absolute atomic E-state index is 12.6. The van der Waals surface area contributed by atoms with E-state index in [0.29, 0.717) is 5.76 Å². The third kappa shape index (κ3) is 4.39. The number of hydrogen-bond donors (Lipinski definition) is 1. The Labute approximate surface area is 162 Å². The Balaban J connectivity index is 1.79. The fraction of sp³-hybridized carbons (Fsp3) is 0.167. The standard InChI is InChI=1S/C18H15BrN2O4S/c1-24-17(22)10-13(11-4-2-5-12(19)8-11)20-18(23)14-9-15(25-21-14)16-6-3-7-26-16/h2-9,13H,10H2,1H3,(H,20,23). The molecule has 3 aromatic rings. The molecule has 0 bridgehead atoms. The number of benzene rings is 1. The Morgan fingerprint density at radius 3 is 2.85 bits per heavy atom. The van der Waals surface area contributed by atoms with Crippen molar-refractivity contribution in [1.82, 2.24) is 10.5 Å². The number of thiophene rings is 1. The van der Waals surface area contributed by atoms with Gasteiger partial charge in [-0.25, -0.2) is 0 Å². The van der Waals surface area contributed by atoms with Crippen molar-refractivity contribution in [3.05, 3.63) is 63.6 Å². The number of methoxy groups -OCH3 is 1. The van der Waals surface area contributed by atoms with Gasteiger partial charge in [-0.15, -0.1) is 11.3 Å². The summed E-state index contributed by atoms with van der Waals surface area (Å²) in [5, 5.41) is 8.56. The van der Waals surface area contributed by atoms with Crippen molar-refractivity contribution in [3.63, 3.8) is 0 Å². The number of carbonyl (C=O) groups excluding carboxylic acids is 2. The van der Waals surface area contributed by atoms with Crippen LogP contribution >= 0.6 is 27.3 Å². The molecule has 0 spiro atoms. The fourth-order valence-corrected chi connectivity index (χ4v) is 3.47. The molecule has 1 atom stereocenters. The van der Waals surface area contributed by atoms with Gasteiger partial charge in [0.05, 0.1) is 24.4 Å². The van der Waals surface area contributed by atoms with E-state index in [0.717, 1.165) is 14.9 Å². The fourth-order valence-electron chi connectivity index (χ4n) is 2.37. The zero-order valence-corrected chi connectivity index (χ0v) is 16.2. The van der Waals surface area contributed by atoms with Gasteiger partial charge in [-0.2, -0.15) is 0 Å². The smallest absolute Gasteiger partial charge is 0.307 e. The van der Waals surface area contributed by atoms with Crippen LogP contribution in [0.4, 0.5) is 0 Å². The third-order valence-corrected chi connectivity index (χ3v) is 5.04. The zero-order valence-electron chi connectivity index (χ0n) is 13.8. The molecule has 8 heteroatoms. The molecule has 1 amide bonds. The van der Waals surface area contributed by atoms with E-state index in [9.17, 15) is 9.59 Å². The van der Waals surface area contributed by atoms with Crippen LogP contribution in [0.1, 0.15) is 28.5 Å². The molecule has 6 nitrogen and oxygen atoms in total. The highest BCUT2D eigenvalue weighted by Crippen LogP contribution is 2.26. The first kappa shape index (κ1) is 18.3. The summed E-state index contributed by atoms with van der Waals surface area (Å²) in [6.07, 6.45) is 0.00826. The Morgan fingerprint density at radius 2 is 2.15 bits per heavy atom. The normalized spacial score (nSPS) is 11.8. The van der Waals surface area contributed by atoms with Crippen molar-refractivity contribution < 1.29 is 18.8 Å². The molecule has 2 heterocycles. The van der Waals surface area contributed by atoms with Gasteiger partial charge in [0.1, 0.15) is 0 Å². The number of nitrogens with one attached hydrogen (secondary N) is 1. The molecule has 134 valence electrons. The molecule has 0 radical (unpaired) electrons. The summed E-state index contributed by atoms with van der Waals surface area (Å²) >= 11 is 4.89. The molecule has 0 saturated carbocycles. The van der Waals surface area contributed by atoms with Crippen molar-refractivity contribution in [2.45, 2.75) is 12.5 Å². The lowest BCUT2D eigenvalue weighted by Gasteiger charge is -2.17. The van der Waals surface area contributed by atoms with Crippen LogP contribution in [0, 0.1) is 0 Å². The second-order valence-electron chi connectivity index (χ2n) is 5.42. The number of nitrogens with zero attached hydrogens (tertiary/aromatic N) is 1. The first-order chi connectivity index (χ1) is 12.6. The van der Waals surface area contributed by atoms with Gasteiger partial charge in [0, 0.05) is 10.5 Å². The molecule has 26 heavy (non-hydrogen) atoms. The molecular weight excluding hydrogens is 420 g/mol. The summed E-state index contributed by atoms with van der Waals surface area (Å²) in [6.45, 7) is 0. The molecule has 0 fully saturated rings. The van der Waals surface area contributed by atoms with Crippen LogP contribution in [0.2, 0.25) is 0 Å². The Kier molecular flexibility index (Phi) is 5.85. The predicted octanol–water partition coefficient (Wildman–Crippen LogP) is 4.20. The Bertz CT molecular complexity index is 908. The van der Waals surface area contributed by atoms with Crippen LogP contribution in [-0.2, 0) is 9.53 Å². The van der Waals surface area contributed by atoms with Gasteiger partial charge in [-0.1, -0.05) is 39.3 Å². The van der Waals surface area contributed by atoms with Crippen LogP contribution in [-0.4, -0.2) is 24.1 Å². The van der Waals surface area contributed by atoms with Crippen molar-refractivity contribution >= 4 is 39.1 Å². The lowest BCUT2D eigenvalue weighted by molar-refractivity contribution is -0.141. The van der Waals surface area contributed by atoms with E-state index in [1.54, 1.807) is 6.07 Å². The van der Waals surface area contributed by atoms with Gasteiger partial charge >= 0.3 is 5.97 Å². The number of halogens is 1. The molecule has 3 rings (SSSR count). The monoisotopic (exact) mass is 434 g/mol. The summed E-state index contributed by atoms with van der Waals surface area (Å²) in [7, 11) is 1.31. The largest absolute Gasteiger partial charge is 0.469 e. The first-order valence-electron chi connectivity index (χ1n) is 7.70. The first-order valence-corrected chi connectivity index (χ1v) is 9.38. The summed E-state index contributed by atoms with van der Waals surface area (Å²) in [4.78, 5) is 25.2. The lowest BCUT2D eigenvalue weighted by Crippen LogP contribution is -2.30. The van der Waals surface area contributed by atoms with E-state index in [4.69, 9.17) is 9.26 Å². The highest BCUT2D eigenvalue weighted by atomic mass is 79.9. The third-order valence-electron chi connectivity index (χ3n) is 3.66. The van der Waals surface area contributed by atoms with Gasteiger partial charge in [0.2, 0.25) is 0 Å². The minimum atomic E-state index is -0.547. The van der Waals surface area contributed by atoms with Crippen LogP contribution in [0.15, 0.2) is 56.8 Å². The topological polar surface area (TPSA) is 81.4 Å². The Hall–Kier alpha value is -2.45. The lowest BCUT2D eigenvalue weighted by atomic mass is 10.0. The average molecular weight is 435 g/mol. The second-order valence-corrected chi connectivity index (χ2v) is 7.28. The number of ether oxygens (including phenoxy) is 1. The molecule has 0 aliphatic heterocycles. The molecule has 1 aromatic carbocycles. The van der Waals surface area contributed by atoms with Crippen LogP contribution in [0.25, 0.3) is 10.6 Å². The SMILES string of the molecule is COC(=O)CC(NC(=O)c1cc(-c2cccs2)on1)c1cccc(Br)c1. The molecule has 2 aromatic heterocycles. The molecule has 0 aliphatic rings. The van der Waals surface area contributed by atoms with Gasteiger partial charge in [-0.05, 0) is 29.1 Å². The molecule has 1 unspecified atom stereocenters. The van der Waals surface area contributed by atoms with Crippen molar-refractivity contribution in [3.8, 4) is 10.6 Å². The summed E-state index contributed by atoms with van der Waals surface area (Å²) in [5.74, 6) is -0.322.